The maximum atomic E-state index is 9.61. The van der Waals surface area contributed by atoms with Crippen LogP contribution in [0, 0.1) is 0 Å². The molecule has 26 heavy (non-hydrogen) atoms. The van der Waals surface area contributed by atoms with Gasteiger partial charge in [-0.25, -0.2) is 4.98 Å². The Balaban J connectivity index is 1.75. The third kappa shape index (κ3) is 6.37. The number of halogens is 2. The van der Waals surface area contributed by atoms with Crippen molar-refractivity contribution in [3.8, 4) is 0 Å². The van der Waals surface area contributed by atoms with Crippen molar-refractivity contribution in [1.82, 2.24) is 15.6 Å². The van der Waals surface area contributed by atoms with Crippen LogP contribution < -0.4 is 16.0 Å². The summed E-state index contributed by atoms with van der Waals surface area (Å²) < 4.78 is 0. The molecule has 0 amide bonds. The van der Waals surface area contributed by atoms with Gasteiger partial charge in [-0.05, 0) is 11.6 Å². The number of nitrogens with one attached hydrogen (secondary N) is 3. The minimum Gasteiger partial charge on any atom is -0.396 e. The minimum atomic E-state index is 0.00458. The lowest BCUT2D eigenvalue weighted by atomic mass is 10.0. The maximum Gasteiger partial charge on any atom is 0.191 e. The molecule has 0 saturated heterocycles. The summed E-state index contributed by atoms with van der Waals surface area (Å²) >= 11 is 11.9. The van der Waals surface area contributed by atoms with Gasteiger partial charge in [0.1, 0.15) is 5.82 Å². The van der Waals surface area contributed by atoms with Crippen molar-refractivity contribution in [2.75, 3.05) is 38.6 Å². The lowest BCUT2D eigenvalue weighted by Crippen LogP contribution is -2.41. The van der Waals surface area contributed by atoms with E-state index in [2.05, 4.69) is 25.9 Å². The van der Waals surface area contributed by atoms with E-state index in [4.69, 9.17) is 23.2 Å². The van der Waals surface area contributed by atoms with E-state index in [9.17, 15) is 5.11 Å². The Morgan fingerprint density at radius 1 is 1.19 bits per heavy atom. The van der Waals surface area contributed by atoms with E-state index in [0.29, 0.717) is 41.5 Å². The summed E-state index contributed by atoms with van der Waals surface area (Å²) in [5.74, 6) is 1.26. The van der Waals surface area contributed by atoms with Gasteiger partial charge in [0.25, 0.3) is 0 Å². The van der Waals surface area contributed by atoms with Gasteiger partial charge in [-0.15, -0.1) is 0 Å². The molecule has 8 heteroatoms. The molecule has 1 unspecified atom stereocenters. The molecule has 1 heterocycles. The molecule has 0 saturated carbocycles. The number of guanidine groups is 1. The second-order valence-corrected chi connectivity index (χ2v) is 6.42. The van der Waals surface area contributed by atoms with Crippen LogP contribution in [0.4, 0.5) is 5.82 Å². The average molecular weight is 396 g/mol. The zero-order valence-electron chi connectivity index (χ0n) is 14.5. The number of anilines is 1. The van der Waals surface area contributed by atoms with Gasteiger partial charge in [0.15, 0.2) is 5.96 Å². The van der Waals surface area contributed by atoms with Crippen LogP contribution in [0.3, 0.4) is 0 Å². The van der Waals surface area contributed by atoms with Crippen LogP contribution in [0.15, 0.2) is 47.6 Å². The summed E-state index contributed by atoms with van der Waals surface area (Å²) in [5, 5.41) is 20.2. The molecule has 140 valence electrons. The Hall–Kier alpha value is -2.02. The van der Waals surface area contributed by atoms with E-state index < -0.39 is 0 Å². The SMILES string of the molecule is CN=C(NCCNc1ncc(Cl)cc1Cl)NCC(CO)c1ccccc1. The average Bonchev–Trinajstić information content (AvgIpc) is 2.66. The van der Waals surface area contributed by atoms with Crippen molar-refractivity contribution < 1.29 is 5.11 Å². The largest absolute Gasteiger partial charge is 0.396 e. The van der Waals surface area contributed by atoms with Crippen molar-refractivity contribution in [2.24, 2.45) is 4.99 Å². The summed E-state index contributed by atoms with van der Waals surface area (Å²) in [6.45, 7) is 1.88. The summed E-state index contributed by atoms with van der Waals surface area (Å²) in [7, 11) is 1.71. The monoisotopic (exact) mass is 395 g/mol. The van der Waals surface area contributed by atoms with Gasteiger partial charge < -0.3 is 21.1 Å². The fraction of sp³-hybridized carbons (Fsp3) is 0.333. The van der Waals surface area contributed by atoms with Crippen molar-refractivity contribution >= 4 is 35.0 Å². The first-order chi connectivity index (χ1) is 12.6. The number of pyridine rings is 1. The number of aliphatic hydroxyl groups is 1. The molecule has 1 aromatic heterocycles. The number of aliphatic imine (C=N–C) groups is 1. The molecule has 0 fully saturated rings. The number of hydrogen-bond donors (Lipinski definition) is 4. The molecule has 6 nitrogen and oxygen atoms in total. The normalized spacial score (nSPS) is 12.5. The van der Waals surface area contributed by atoms with Gasteiger partial charge in [0.2, 0.25) is 0 Å². The third-order valence-electron chi connectivity index (χ3n) is 3.75. The molecule has 0 aliphatic carbocycles. The van der Waals surface area contributed by atoms with E-state index in [0.717, 1.165) is 5.56 Å². The van der Waals surface area contributed by atoms with Gasteiger partial charge in [0.05, 0.1) is 16.7 Å². The first-order valence-electron chi connectivity index (χ1n) is 8.29. The zero-order chi connectivity index (χ0) is 18.8. The Bertz CT molecular complexity index is 712. The molecule has 4 N–H and O–H groups in total. The predicted octanol–water partition coefficient (Wildman–Crippen LogP) is 2.74. The van der Waals surface area contributed by atoms with E-state index in [1.54, 1.807) is 19.3 Å². The highest BCUT2D eigenvalue weighted by molar-refractivity contribution is 6.35. The molecule has 0 spiro atoms. The van der Waals surface area contributed by atoms with E-state index in [1.165, 1.54) is 0 Å². The molecule has 1 atom stereocenters. The molecule has 1 aromatic carbocycles. The van der Waals surface area contributed by atoms with Crippen LogP contribution in [0.5, 0.6) is 0 Å². The van der Waals surface area contributed by atoms with Gasteiger partial charge in [-0.3, -0.25) is 4.99 Å². The molecular formula is C18H23Cl2N5O. The van der Waals surface area contributed by atoms with Crippen LogP contribution >= 0.6 is 23.2 Å². The van der Waals surface area contributed by atoms with Crippen molar-refractivity contribution in [3.05, 3.63) is 58.2 Å². The summed E-state index contributed by atoms with van der Waals surface area (Å²) in [4.78, 5) is 8.33. The van der Waals surface area contributed by atoms with Gasteiger partial charge in [0, 0.05) is 38.8 Å². The highest BCUT2D eigenvalue weighted by atomic mass is 35.5. The molecule has 2 rings (SSSR count). The van der Waals surface area contributed by atoms with Crippen LogP contribution in [-0.2, 0) is 0 Å². The Labute approximate surface area is 163 Å². The lowest BCUT2D eigenvalue weighted by molar-refractivity contribution is 0.265. The Kier molecular flexibility index (Phi) is 8.47. The van der Waals surface area contributed by atoms with Gasteiger partial charge >= 0.3 is 0 Å². The number of aliphatic hydroxyl groups excluding tert-OH is 1. The molecule has 0 radical (unpaired) electrons. The van der Waals surface area contributed by atoms with Crippen molar-refractivity contribution in [3.63, 3.8) is 0 Å². The van der Waals surface area contributed by atoms with Crippen LogP contribution in [0.1, 0.15) is 11.5 Å². The van der Waals surface area contributed by atoms with E-state index in [1.807, 2.05) is 30.3 Å². The molecule has 0 aliphatic heterocycles. The second kappa shape index (κ2) is 10.9. The molecule has 0 aliphatic rings. The number of hydrogen-bond acceptors (Lipinski definition) is 4. The van der Waals surface area contributed by atoms with E-state index >= 15 is 0 Å². The van der Waals surface area contributed by atoms with Crippen LogP contribution in [0.2, 0.25) is 10.0 Å². The van der Waals surface area contributed by atoms with Crippen molar-refractivity contribution in [2.45, 2.75) is 5.92 Å². The smallest absolute Gasteiger partial charge is 0.191 e. The number of benzene rings is 1. The summed E-state index contributed by atoms with van der Waals surface area (Å²) in [5.41, 5.74) is 1.09. The number of nitrogens with zero attached hydrogens (tertiary/aromatic N) is 2. The predicted molar refractivity (Wildman–Crippen MR) is 108 cm³/mol. The first-order valence-corrected chi connectivity index (χ1v) is 9.05. The topological polar surface area (TPSA) is 81.6 Å². The highest BCUT2D eigenvalue weighted by Crippen LogP contribution is 2.22. The fourth-order valence-corrected chi connectivity index (χ4v) is 2.81. The van der Waals surface area contributed by atoms with Crippen molar-refractivity contribution in [1.29, 1.82) is 0 Å². The van der Waals surface area contributed by atoms with Crippen LogP contribution in [0.25, 0.3) is 0 Å². The highest BCUT2D eigenvalue weighted by Gasteiger charge is 2.10. The number of aromatic nitrogens is 1. The van der Waals surface area contributed by atoms with E-state index in [-0.39, 0.29) is 12.5 Å². The quantitative estimate of drug-likeness (QED) is 0.314. The zero-order valence-corrected chi connectivity index (χ0v) is 16.1. The Morgan fingerprint density at radius 3 is 2.62 bits per heavy atom. The molecule has 2 aromatic rings. The fourth-order valence-electron chi connectivity index (χ4n) is 2.36. The standard InChI is InChI=1S/C18H23Cl2N5O/c1-21-18(25-10-14(12-26)13-5-3-2-4-6-13)23-8-7-22-17-16(20)9-15(19)11-24-17/h2-6,9,11,14,26H,7-8,10,12H2,1H3,(H,22,24)(H2,21,23,25). The molecule has 0 bridgehead atoms. The van der Waals surface area contributed by atoms with Crippen LogP contribution in [-0.4, -0.2) is 49.3 Å². The first kappa shape index (κ1) is 20.3. The lowest BCUT2D eigenvalue weighted by Gasteiger charge is -2.18. The number of rotatable bonds is 8. The summed E-state index contributed by atoms with van der Waals surface area (Å²) in [6.07, 6.45) is 1.54. The van der Waals surface area contributed by atoms with Gasteiger partial charge in [-0.2, -0.15) is 0 Å². The third-order valence-corrected chi connectivity index (χ3v) is 4.24. The molecular weight excluding hydrogens is 373 g/mol. The minimum absolute atomic E-state index is 0.00458. The Morgan fingerprint density at radius 2 is 1.96 bits per heavy atom. The van der Waals surface area contributed by atoms with Gasteiger partial charge in [-0.1, -0.05) is 53.5 Å². The maximum absolute atomic E-state index is 9.61. The summed E-state index contributed by atoms with van der Waals surface area (Å²) in [6, 6.07) is 11.5. The second-order valence-electron chi connectivity index (χ2n) is 5.58.